The number of amides is 1. The molecule has 0 atom stereocenters. The van der Waals surface area contributed by atoms with E-state index >= 15 is 0 Å². The Morgan fingerprint density at radius 1 is 1.16 bits per heavy atom. The fourth-order valence-corrected chi connectivity index (χ4v) is 3.84. The van der Waals surface area contributed by atoms with Crippen molar-refractivity contribution in [2.75, 3.05) is 5.75 Å². The Labute approximate surface area is 184 Å². The van der Waals surface area contributed by atoms with Crippen LogP contribution in [0.15, 0.2) is 87.7 Å². The van der Waals surface area contributed by atoms with Gasteiger partial charge >= 0.3 is 0 Å². The van der Waals surface area contributed by atoms with E-state index in [0.717, 1.165) is 22.0 Å². The topological polar surface area (TPSA) is 72.4 Å². The molecule has 2 aromatic heterocycles. The van der Waals surface area contributed by atoms with Crippen LogP contribution < -0.4 is 5.43 Å². The Balaban J connectivity index is 1.40. The van der Waals surface area contributed by atoms with Gasteiger partial charge < -0.3 is 8.98 Å². The number of para-hydroxylation sites is 2. The molecule has 2 aromatic carbocycles. The lowest BCUT2D eigenvalue weighted by Gasteiger charge is -2.09. The summed E-state index contributed by atoms with van der Waals surface area (Å²) in [7, 11) is 0. The summed E-state index contributed by atoms with van der Waals surface area (Å²) >= 11 is 1.40. The third kappa shape index (κ3) is 5.52. The summed E-state index contributed by atoms with van der Waals surface area (Å²) in [5.41, 5.74) is 6.91. The molecule has 0 aliphatic rings. The molecule has 1 N–H and O–H groups in total. The van der Waals surface area contributed by atoms with Crippen LogP contribution in [0, 0.1) is 6.92 Å². The van der Waals surface area contributed by atoms with Gasteiger partial charge in [0, 0.05) is 6.21 Å². The maximum Gasteiger partial charge on any atom is 0.250 e. The van der Waals surface area contributed by atoms with Gasteiger partial charge in [-0.25, -0.2) is 10.4 Å². The average Bonchev–Trinajstić information content (AvgIpc) is 3.42. The van der Waals surface area contributed by atoms with Gasteiger partial charge in [-0.1, -0.05) is 53.7 Å². The molecular weight excluding hydrogens is 408 g/mol. The van der Waals surface area contributed by atoms with Gasteiger partial charge in [0.05, 0.1) is 29.6 Å². The molecule has 31 heavy (non-hydrogen) atoms. The number of imidazole rings is 1. The minimum absolute atomic E-state index is 0.193. The largest absolute Gasteiger partial charge is 0.465 e. The van der Waals surface area contributed by atoms with Crippen molar-refractivity contribution in [2.45, 2.75) is 18.6 Å². The summed E-state index contributed by atoms with van der Waals surface area (Å²) in [6.45, 7) is 2.77. The summed E-state index contributed by atoms with van der Waals surface area (Å²) in [6, 6.07) is 20.1. The molecule has 156 valence electrons. The molecule has 2 heterocycles. The smallest absolute Gasteiger partial charge is 0.250 e. The number of nitrogens with zero attached hydrogens (tertiary/aromatic N) is 3. The number of carbonyl (C=O) groups is 1. The van der Waals surface area contributed by atoms with E-state index in [-0.39, 0.29) is 11.7 Å². The van der Waals surface area contributed by atoms with Crippen molar-refractivity contribution in [1.29, 1.82) is 0 Å². The number of hydrogen-bond donors (Lipinski definition) is 1. The molecule has 0 spiro atoms. The lowest BCUT2D eigenvalue weighted by atomic mass is 10.1. The number of carbonyl (C=O) groups excluding carboxylic acids is 1. The molecule has 0 aliphatic heterocycles. The van der Waals surface area contributed by atoms with Crippen LogP contribution in [-0.2, 0) is 11.3 Å². The van der Waals surface area contributed by atoms with E-state index in [4.69, 9.17) is 9.40 Å². The Hall–Kier alpha value is -3.58. The predicted molar refractivity (Wildman–Crippen MR) is 125 cm³/mol. The van der Waals surface area contributed by atoms with Crippen molar-refractivity contribution >= 4 is 41.0 Å². The van der Waals surface area contributed by atoms with E-state index in [2.05, 4.69) is 52.3 Å². The zero-order valence-electron chi connectivity index (χ0n) is 17.1. The number of nitrogens with one attached hydrogen (secondary N) is 1. The number of rotatable bonds is 8. The van der Waals surface area contributed by atoms with Crippen LogP contribution >= 0.6 is 11.8 Å². The second-order valence-electron chi connectivity index (χ2n) is 6.93. The Bertz CT molecular complexity index is 1210. The van der Waals surface area contributed by atoms with E-state index < -0.39 is 0 Å². The van der Waals surface area contributed by atoms with Crippen LogP contribution in [0.4, 0.5) is 0 Å². The van der Waals surface area contributed by atoms with Gasteiger partial charge in [0.15, 0.2) is 5.16 Å². The minimum atomic E-state index is -0.193. The first-order valence-corrected chi connectivity index (χ1v) is 10.8. The molecule has 0 aliphatic carbocycles. The van der Waals surface area contributed by atoms with Gasteiger partial charge in [-0.2, -0.15) is 5.10 Å². The van der Waals surface area contributed by atoms with Gasteiger partial charge in [-0.3, -0.25) is 4.79 Å². The van der Waals surface area contributed by atoms with Crippen LogP contribution in [0.5, 0.6) is 0 Å². The van der Waals surface area contributed by atoms with Crippen molar-refractivity contribution in [1.82, 2.24) is 15.0 Å². The molecule has 4 rings (SSSR count). The Morgan fingerprint density at radius 2 is 2.00 bits per heavy atom. The number of hydrogen-bond acceptors (Lipinski definition) is 5. The summed E-state index contributed by atoms with van der Waals surface area (Å²) < 4.78 is 7.33. The van der Waals surface area contributed by atoms with E-state index in [1.165, 1.54) is 29.1 Å². The highest BCUT2D eigenvalue weighted by molar-refractivity contribution is 7.99. The number of aryl methyl sites for hydroxylation is 1. The summed E-state index contributed by atoms with van der Waals surface area (Å²) in [4.78, 5) is 16.9. The lowest BCUT2D eigenvalue weighted by molar-refractivity contribution is -0.118. The number of furan rings is 1. The third-order valence-corrected chi connectivity index (χ3v) is 5.54. The molecule has 0 saturated carbocycles. The van der Waals surface area contributed by atoms with Gasteiger partial charge in [0.2, 0.25) is 0 Å². The third-order valence-electron chi connectivity index (χ3n) is 4.57. The highest BCUT2D eigenvalue weighted by Crippen LogP contribution is 2.25. The monoisotopic (exact) mass is 430 g/mol. The molecule has 1 amide bonds. The number of allylic oxidation sites excluding steroid dienone is 1. The zero-order valence-corrected chi connectivity index (χ0v) is 17.9. The van der Waals surface area contributed by atoms with Gasteiger partial charge in [-0.15, -0.1) is 0 Å². The van der Waals surface area contributed by atoms with Crippen LogP contribution in [0.25, 0.3) is 17.1 Å². The van der Waals surface area contributed by atoms with Crippen molar-refractivity contribution in [3.8, 4) is 0 Å². The van der Waals surface area contributed by atoms with E-state index in [1.54, 1.807) is 18.4 Å². The second kappa shape index (κ2) is 9.95. The molecule has 7 heteroatoms. The van der Waals surface area contributed by atoms with E-state index in [1.807, 2.05) is 30.3 Å². The van der Waals surface area contributed by atoms with Crippen LogP contribution in [0.2, 0.25) is 0 Å². The second-order valence-corrected chi connectivity index (χ2v) is 7.87. The number of thioether (sulfide) groups is 1. The molecule has 0 bridgehead atoms. The highest BCUT2D eigenvalue weighted by Gasteiger charge is 2.13. The molecule has 4 aromatic rings. The SMILES string of the molecule is Cc1ccc(Cn2c(SCC(=O)N/N=C/C=C\c3ccco3)nc3ccccc32)cc1. The maximum atomic E-state index is 12.2. The average molecular weight is 431 g/mol. The molecule has 0 fully saturated rings. The van der Waals surface area contributed by atoms with Crippen molar-refractivity contribution in [3.63, 3.8) is 0 Å². The number of benzene rings is 2. The zero-order chi connectivity index (χ0) is 21.5. The van der Waals surface area contributed by atoms with Crippen LogP contribution in [0.3, 0.4) is 0 Å². The summed E-state index contributed by atoms with van der Waals surface area (Å²) in [6.07, 6.45) is 6.57. The van der Waals surface area contributed by atoms with E-state index in [9.17, 15) is 4.79 Å². The first kappa shape index (κ1) is 20.7. The molecule has 0 radical (unpaired) electrons. The Kier molecular flexibility index (Phi) is 6.64. The summed E-state index contributed by atoms with van der Waals surface area (Å²) in [5.74, 6) is 0.749. The first-order chi connectivity index (χ1) is 15.2. The Morgan fingerprint density at radius 3 is 2.81 bits per heavy atom. The molecule has 0 unspecified atom stereocenters. The van der Waals surface area contributed by atoms with Crippen molar-refractivity contribution in [2.24, 2.45) is 5.10 Å². The van der Waals surface area contributed by atoms with Crippen LogP contribution in [-0.4, -0.2) is 27.4 Å². The number of hydrazone groups is 1. The fraction of sp³-hybridized carbons (Fsp3) is 0.125. The van der Waals surface area contributed by atoms with Crippen LogP contribution in [0.1, 0.15) is 16.9 Å². The number of aromatic nitrogens is 2. The van der Waals surface area contributed by atoms with Crippen molar-refractivity contribution in [3.05, 3.63) is 89.9 Å². The quantitative estimate of drug-likeness (QED) is 0.245. The normalized spacial score (nSPS) is 11.6. The molecule has 6 nitrogen and oxygen atoms in total. The lowest BCUT2D eigenvalue weighted by Crippen LogP contribution is -2.19. The first-order valence-electron chi connectivity index (χ1n) is 9.85. The molecular formula is C24H22N4O2S. The van der Waals surface area contributed by atoms with Gasteiger partial charge in [0.25, 0.3) is 5.91 Å². The van der Waals surface area contributed by atoms with Gasteiger partial charge in [-0.05, 0) is 48.9 Å². The summed E-state index contributed by atoms with van der Waals surface area (Å²) in [5, 5.41) is 4.73. The highest BCUT2D eigenvalue weighted by atomic mass is 32.2. The van der Waals surface area contributed by atoms with Gasteiger partial charge in [0.1, 0.15) is 5.76 Å². The number of fused-ring (bicyclic) bond motifs is 1. The van der Waals surface area contributed by atoms with E-state index in [0.29, 0.717) is 6.54 Å². The molecule has 0 saturated heterocycles. The maximum absolute atomic E-state index is 12.2. The minimum Gasteiger partial charge on any atom is -0.465 e. The fourth-order valence-electron chi connectivity index (χ4n) is 3.03. The van der Waals surface area contributed by atoms with Crippen molar-refractivity contribution < 1.29 is 9.21 Å². The standard InChI is InChI=1S/C24H22N4O2S/c1-18-10-12-19(13-11-18)16-28-22-9-3-2-8-21(22)26-24(28)31-17-23(29)27-25-14-4-6-20-7-5-15-30-20/h2-15H,16-17H2,1H3,(H,27,29)/b6-4-,25-14+. The predicted octanol–water partition coefficient (Wildman–Crippen LogP) is 4.89.